The number of hydrogen-bond acceptors (Lipinski definition) is 6. The zero-order valence-corrected chi connectivity index (χ0v) is 20.2. The molecule has 0 saturated heterocycles. The fourth-order valence-corrected chi connectivity index (χ4v) is 4.53. The standard InChI is InChI=1S/C27H24FN5O4/c1-14-9-16(3-6-20(14)28)13-29-26(36)21-12-22(33-24(31-21)7-8-30-33)27(37)32-25-19-5-4-17(15(2)34)10-18(19)11-23(25)35/h3-10,12,23,25,35H,11,13H2,1-2H3,(H,29,36)(H,32,37)/t23-,25+/m0/s1. The van der Waals surface area contributed by atoms with Gasteiger partial charge in [-0.2, -0.15) is 5.10 Å². The lowest BCUT2D eigenvalue weighted by molar-refractivity contribution is 0.0850. The van der Waals surface area contributed by atoms with Crippen molar-refractivity contribution in [3.05, 3.63) is 99.8 Å². The number of benzene rings is 2. The summed E-state index contributed by atoms with van der Waals surface area (Å²) < 4.78 is 14.8. The molecule has 0 aliphatic heterocycles. The molecule has 0 unspecified atom stereocenters. The van der Waals surface area contributed by atoms with Crippen LogP contribution in [0.5, 0.6) is 0 Å². The van der Waals surface area contributed by atoms with E-state index >= 15 is 0 Å². The summed E-state index contributed by atoms with van der Waals surface area (Å²) in [6.07, 6.45) is 0.884. The molecule has 0 fully saturated rings. The van der Waals surface area contributed by atoms with Crippen LogP contribution in [0.15, 0.2) is 54.7 Å². The van der Waals surface area contributed by atoms with Gasteiger partial charge in [0, 0.05) is 30.7 Å². The van der Waals surface area contributed by atoms with Crippen LogP contribution in [0.2, 0.25) is 0 Å². The highest BCUT2D eigenvalue weighted by Gasteiger charge is 2.33. The van der Waals surface area contributed by atoms with Gasteiger partial charge < -0.3 is 15.7 Å². The van der Waals surface area contributed by atoms with Crippen LogP contribution in [0, 0.1) is 12.7 Å². The van der Waals surface area contributed by atoms with E-state index in [9.17, 15) is 23.9 Å². The predicted molar refractivity (Wildman–Crippen MR) is 132 cm³/mol. The Morgan fingerprint density at radius 3 is 2.68 bits per heavy atom. The molecule has 2 amide bonds. The summed E-state index contributed by atoms with van der Waals surface area (Å²) in [6.45, 7) is 3.27. The molecular formula is C27H24FN5O4. The maximum absolute atomic E-state index is 13.5. The smallest absolute Gasteiger partial charge is 0.270 e. The Kier molecular flexibility index (Phi) is 6.26. The molecule has 0 spiro atoms. The van der Waals surface area contributed by atoms with Crippen LogP contribution in [0.4, 0.5) is 4.39 Å². The summed E-state index contributed by atoms with van der Waals surface area (Å²) in [7, 11) is 0. The van der Waals surface area contributed by atoms with Crippen LogP contribution in [0.1, 0.15) is 66.6 Å². The number of carbonyl (C=O) groups is 3. The van der Waals surface area contributed by atoms with Crippen molar-refractivity contribution in [2.75, 3.05) is 0 Å². The highest BCUT2D eigenvalue weighted by Crippen LogP contribution is 2.32. The van der Waals surface area contributed by atoms with Crippen LogP contribution in [-0.4, -0.2) is 43.4 Å². The number of aliphatic hydroxyl groups excluding tert-OH is 1. The van der Waals surface area contributed by atoms with Gasteiger partial charge in [0.2, 0.25) is 0 Å². The number of nitrogens with one attached hydrogen (secondary N) is 2. The quantitative estimate of drug-likeness (QED) is 0.349. The summed E-state index contributed by atoms with van der Waals surface area (Å²) in [5.41, 5.74) is 3.62. The van der Waals surface area contributed by atoms with Crippen LogP contribution >= 0.6 is 0 Å². The molecule has 3 N–H and O–H groups in total. The normalized spacial score (nSPS) is 16.4. The van der Waals surface area contributed by atoms with E-state index in [-0.39, 0.29) is 29.5 Å². The van der Waals surface area contributed by atoms with Gasteiger partial charge in [-0.1, -0.05) is 24.3 Å². The molecule has 0 radical (unpaired) electrons. The van der Waals surface area contributed by atoms with Gasteiger partial charge in [0.15, 0.2) is 11.4 Å². The molecule has 2 heterocycles. The molecule has 5 rings (SSSR count). The first-order valence-electron chi connectivity index (χ1n) is 11.7. The Morgan fingerprint density at radius 2 is 1.92 bits per heavy atom. The van der Waals surface area contributed by atoms with Crippen LogP contribution in [0.25, 0.3) is 5.65 Å². The number of halogens is 1. The van der Waals surface area contributed by atoms with Crippen molar-refractivity contribution in [2.24, 2.45) is 0 Å². The van der Waals surface area contributed by atoms with E-state index in [0.717, 1.165) is 16.7 Å². The van der Waals surface area contributed by atoms with E-state index in [4.69, 9.17) is 0 Å². The van der Waals surface area contributed by atoms with Gasteiger partial charge in [0.1, 0.15) is 17.2 Å². The number of carbonyl (C=O) groups excluding carboxylic acids is 3. The molecule has 4 aromatic rings. The minimum Gasteiger partial charge on any atom is -0.390 e. The first-order chi connectivity index (χ1) is 17.7. The summed E-state index contributed by atoms with van der Waals surface area (Å²) in [5.74, 6) is -1.47. The number of fused-ring (bicyclic) bond motifs is 2. The van der Waals surface area contributed by atoms with Crippen LogP contribution in [0.3, 0.4) is 0 Å². The molecular weight excluding hydrogens is 477 g/mol. The van der Waals surface area contributed by atoms with E-state index in [1.807, 2.05) is 0 Å². The largest absolute Gasteiger partial charge is 0.390 e. The highest BCUT2D eigenvalue weighted by molar-refractivity contribution is 5.98. The molecule has 1 aliphatic carbocycles. The monoisotopic (exact) mass is 501 g/mol. The molecule has 2 atom stereocenters. The van der Waals surface area contributed by atoms with Crippen molar-refractivity contribution in [3.63, 3.8) is 0 Å². The van der Waals surface area contributed by atoms with Crippen LogP contribution < -0.4 is 10.6 Å². The number of amides is 2. The third-order valence-electron chi connectivity index (χ3n) is 6.49. The summed E-state index contributed by atoms with van der Waals surface area (Å²) in [6, 6.07) is 11.9. The molecule has 188 valence electrons. The minimum atomic E-state index is -0.877. The summed E-state index contributed by atoms with van der Waals surface area (Å²) in [4.78, 5) is 42.2. The lowest BCUT2D eigenvalue weighted by atomic mass is 10.0. The zero-order chi connectivity index (χ0) is 26.3. The van der Waals surface area contributed by atoms with Crippen molar-refractivity contribution in [1.29, 1.82) is 0 Å². The Balaban J connectivity index is 1.38. The van der Waals surface area contributed by atoms with E-state index in [1.165, 1.54) is 29.8 Å². The van der Waals surface area contributed by atoms with Crippen LogP contribution in [-0.2, 0) is 13.0 Å². The number of Topliss-reactive ketones (excluding diaryl/α,β-unsaturated/α-hetero) is 1. The lowest BCUT2D eigenvalue weighted by Crippen LogP contribution is -2.35. The van der Waals surface area contributed by atoms with Crippen molar-refractivity contribution in [2.45, 2.75) is 39.0 Å². The maximum Gasteiger partial charge on any atom is 0.270 e. The summed E-state index contributed by atoms with van der Waals surface area (Å²) >= 11 is 0. The molecule has 9 nitrogen and oxygen atoms in total. The van der Waals surface area contributed by atoms with Gasteiger partial charge in [0.25, 0.3) is 11.8 Å². The van der Waals surface area contributed by atoms with Crippen molar-refractivity contribution in [1.82, 2.24) is 25.2 Å². The van der Waals surface area contributed by atoms with Gasteiger partial charge in [0.05, 0.1) is 18.3 Å². The predicted octanol–water partition coefficient (Wildman–Crippen LogP) is 2.70. The fourth-order valence-electron chi connectivity index (χ4n) is 4.53. The molecule has 0 bridgehead atoms. The second-order valence-electron chi connectivity index (χ2n) is 9.09. The van der Waals surface area contributed by atoms with Gasteiger partial charge in [-0.05, 0) is 48.2 Å². The molecule has 37 heavy (non-hydrogen) atoms. The van der Waals surface area contributed by atoms with Gasteiger partial charge in [-0.25, -0.2) is 13.9 Å². The Labute approximate surface area is 211 Å². The number of hydrogen-bond donors (Lipinski definition) is 3. The average molecular weight is 502 g/mol. The summed E-state index contributed by atoms with van der Waals surface area (Å²) in [5, 5.41) is 20.4. The average Bonchev–Trinajstić information content (AvgIpc) is 3.47. The van der Waals surface area contributed by atoms with Gasteiger partial charge in [-0.15, -0.1) is 0 Å². The van der Waals surface area contributed by atoms with Gasteiger partial charge in [-0.3, -0.25) is 14.4 Å². The number of aliphatic hydroxyl groups is 1. The van der Waals surface area contributed by atoms with Crippen molar-refractivity contribution >= 4 is 23.2 Å². The number of nitrogens with zero attached hydrogens (tertiary/aromatic N) is 3. The molecule has 1 aliphatic rings. The minimum absolute atomic E-state index is 0.00968. The number of rotatable bonds is 6. The molecule has 0 saturated carbocycles. The van der Waals surface area contributed by atoms with E-state index in [0.29, 0.717) is 23.2 Å². The lowest BCUT2D eigenvalue weighted by Gasteiger charge is -2.18. The van der Waals surface area contributed by atoms with E-state index < -0.39 is 24.0 Å². The fraction of sp³-hybridized carbons (Fsp3) is 0.222. The SMILES string of the molecule is CC(=O)c1ccc2c(c1)C[C@H](O)[C@@H]2NC(=O)c1cc(C(=O)NCc2ccc(F)c(C)c2)nc2ccnn12. The Morgan fingerprint density at radius 1 is 1.11 bits per heavy atom. The number of aromatic nitrogens is 3. The number of ketones is 1. The second kappa shape index (κ2) is 9.55. The Hall–Kier alpha value is -4.44. The van der Waals surface area contributed by atoms with E-state index in [1.54, 1.807) is 43.3 Å². The van der Waals surface area contributed by atoms with Gasteiger partial charge >= 0.3 is 0 Å². The van der Waals surface area contributed by atoms with Crippen molar-refractivity contribution < 1.29 is 23.9 Å². The maximum atomic E-state index is 13.5. The van der Waals surface area contributed by atoms with E-state index in [2.05, 4.69) is 20.7 Å². The highest BCUT2D eigenvalue weighted by atomic mass is 19.1. The third-order valence-corrected chi connectivity index (χ3v) is 6.49. The first kappa shape index (κ1) is 24.3. The zero-order valence-electron chi connectivity index (χ0n) is 20.2. The number of aryl methyl sites for hydroxylation is 1. The first-order valence-corrected chi connectivity index (χ1v) is 11.7. The molecule has 2 aromatic heterocycles. The molecule has 2 aromatic carbocycles. The topological polar surface area (TPSA) is 126 Å². The Bertz CT molecular complexity index is 1560. The van der Waals surface area contributed by atoms with Crippen molar-refractivity contribution in [3.8, 4) is 0 Å². The molecule has 10 heteroatoms. The second-order valence-corrected chi connectivity index (χ2v) is 9.09. The third kappa shape index (κ3) is 4.70.